The summed E-state index contributed by atoms with van der Waals surface area (Å²) in [5, 5.41) is 16.3. The van der Waals surface area contributed by atoms with Crippen LogP contribution in [0.1, 0.15) is 34.1 Å². The van der Waals surface area contributed by atoms with Crippen molar-refractivity contribution >= 4 is 23.5 Å². The van der Waals surface area contributed by atoms with Crippen molar-refractivity contribution in [1.82, 2.24) is 15.3 Å². The third-order valence-corrected chi connectivity index (χ3v) is 3.62. The minimum atomic E-state index is -0.660. The predicted octanol–water partition coefficient (Wildman–Crippen LogP) is 2.33. The van der Waals surface area contributed by atoms with Gasteiger partial charge in [-0.25, -0.2) is 9.97 Å². The number of nitrogens with zero attached hydrogens (tertiary/aromatic N) is 2. The zero-order valence-electron chi connectivity index (χ0n) is 13.0. The fraction of sp³-hybridized carbons (Fsp3) is 0.312. The number of anilines is 1. The molecule has 0 aliphatic rings. The van der Waals surface area contributed by atoms with Crippen LogP contribution in [0, 0.1) is 6.92 Å². The fourth-order valence-electron chi connectivity index (χ4n) is 2.05. The van der Waals surface area contributed by atoms with Crippen LogP contribution in [0.2, 0.25) is 5.02 Å². The van der Waals surface area contributed by atoms with E-state index in [0.29, 0.717) is 35.2 Å². The molecule has 7 heteroatoms. The van der Waals surface area contributed by atoms with E-state index in [4.69, 9.17) is 11.6 Å². The van der Waals surface area contributed by atoms with Crippen LogP contribution in [-0.2, 0) is 0 Å². The Balaban J connectivity index is 1.90. The summed E-state index contributed by atoms with van der Waals surface area (Å²) in [7, 11) is 1.69. The van der Waals surface area contributed by atoms with Crippen molar-refractivity contribution in [3.05, 3.63) is 52.3 Å². The number of aliphatic hydroxyl groups excluding tert-OH is 1. The Kier molecular flexibility index (Phi) is 5.90. The number of nitrogens with one attached hydrogen (secondary N) is 2. The first-order chi connectivity index (χ1) is 11.0. The standard InChI is InChI=1S/C16H19ClN4O2/c1-10-9-20-16(18-2)21-14(10)15(23)19-8-7-13(22)11-3-5-12(17)6-4-11/h3-6,9,13,22H,7-8H2,1-2H3,(H,19,23)(H,18,20,21). The van der Waals surface area contributed by atoms with Gasteiger partial charge in [-0.05, 0) is 36.6 Å². The second-order valence-electron chi connectivity index (χ2n) is 5.09. The molecule has 1 heterocycles. The van der Waals surface area contributed by atoms with Crippen molar-refractivity contribution in [1.29, 1.82) is 0 Å². The van der Waals surface area contributed by atoms with E-state index in [2.05, 4.69) is 20.6 Å². The Morgan fingerprint density at radius 2 is 2.04 bits per heavy atom. The molecule has 0 saturated carbocycles. The summed E-state index contributed by atoms with van der Waals surface area (Å²) in [4.78, 5) is 20.4. The molecule has 1 aromatic heterocycles. The van der Waals surface area contributed by atoms with E-state index in [1.165, 1.54) is 0 Å². The summed E-state index contributed by atoms with van der Waals surface area (Å²) >= 11 is 5.81. The third kappa shape index (κ3) is 4.64. The van der Waals surface area contributed by atoms with Gasteiger partial charge in [0.15, 0.2) is 0 Å². The second kappa shape index (κ2) is 7.89. The van der Waals surface area contributed by atoms with Crippen LogP contribution in [0.4, 0.5) is 5.95 Å². The molecular formula is C16H19ClN4O2. The van der Waals surface area contributed by atoms with Crippen LogP contribution < -0.4 is 10.6 Å². The molecule has 2 aromatic rings. The Morgan fingerprint density at radius 3 is 2.70 bits per heavy atom. The van der Waals surface area contributed by atoms with Crippen LogP contribution in [0.25, 0.3) is 0 Å². The van der Waals surface area contributed by atoms with E-state index in [1.54, 1.807) is 44.4 Å². The SMILES string of the molecule is CNc1ncc(C)c(C(=O)NCCC(O)c2ccc(Cl)cc2)n1. The van der Waals surface area contributed by atoms with E-state index in [0.717, 1.165) is 5.56 Å². The van der Waals surface area contributed by atoms with Crippen molar-refractivity contribution in [3.63, 3.8) is 0 Å². The second-order valence-corrected chi connectivity index (χ2v) is 5.52. The van der Waals surface area contributed by atoms with Crippen molar-refractivity contribution in [2.45, 2.75) is 19.4 Å². The van der Waals surface area contributed by atoms with Crippen LogP contribution >= 0.6 is 11.6 Å². The van der Waals surface area contributed by atoms with Gasteiger partial charge >= 0.3 is 0 Å². The molecule has 1 unspecified atom stereocenters. The Hall–Kier alpha value is -2.18. The lowest BCUT2D eigenvalue weighted by Gasteiger charge is -2.12. The molecule has 0 saturated heterocycles. The molecule has 1 atom stereocenters. The molecule has 122 valence electrons. The fourth-order valence-corrected chi connectivity index (χ4v) is 2.18. The van der Waals surface area contributed by atoms with Crippen molar-refractivity contribution < 1.29 is 9.90 Å². The predicted molar refractivity (Wildman–Crippen MR) is 89.7 cm³/mol. The Bertz CT molecular complexity index is 676. The lowest BCUT2D eigenvalue weighted by atomic mass is 10.1. The molecule has 23 heavy (non-hydrogen) atoms. The highest BCUT2D eigenvalue weighted by molar-refractivity contribution is 6.30. The zero-order chi connectivity index (χ0) is 16.8. The van der Waals surface area contributed by atoms with Crippen molar-refractivity contribution in [2.24, 2.45) is 0 Å². The van der Waals surface area contributed by atoms with Crippen LogP contribution in [0.5, 0.6) is 0 Å². The molecule has 0 bridgehead atoms. The smallest absolute Gasteiger partial charge is 0.270 e. The van der Waals surface area contributed by atoms with Gasteiger partial charge in [0.05, 0.1) is 6.10 Å². The van der Waals surface area contributed by atoms with Gasteiger partial charge in [0.2, 0.25) is 5.95 Å². The van der Waals surface area contributed by atoms with Crippen LogP contribution in [0.3, 0.4) is 0 Å². The number of aryl methyl sites for hydroxylation is 1. The number of aliphatic hydroxyl groups is 1. The number of carbonyl (C=O) groups is 1. The van der Waals surface area contributed by atoms with Gasteiger partial charge in [0.25, 0.3) is 5.91 Å². The minimum absolute atomic E-state index is 0.287. The first-order valence-electron chi connectivity index (χ1n) is 7.24. The number of aromatic nitrogens is 2. The van der Waals surface area contributed by atoms with Gasteiger partial charge in [-0.3, -0.25) is 4.79 Å². The number of carbonyl (C=O) groups excluding carboxylic acids is 1. The zero-order valence-corrected chi connectivity index (χ0v) is 13.8. The normalized spacial score (nSPS) is 11.8. The number of halogens is 1. The minimum Gasteiger partial charge on any atom is -0.388 e. The van der Waals surface area contributed by atoms with Gasteiger partial charge in [-0.2, -0.15) is 0 Å². The monoisotopic (exact) mass is 334 g/mol. The van der Waals surface area contributed by atoms with Gasteiger partial charge in [0.1, 0.15) is 5.69 Å². The van der Waals surface area contributed by atoms with Crippen molar-refractivity contribution in [3.8, 4) is 0 Å². The number of benzene rings is 1. The molecule has 0 spiro atoms. The molecule has 0 aliphatic heterocycles. The molecule has 0 fully saturated rings. The first-order valence-corrected chi connectivity index (χ1v) is 7.62. The quantitative estimate of drug-likeness (QED) is 0.754. The van der Waals surface area contributed by atoms with E-state index >= 15 is 0 Å². The molecule has 0 aliphatic carbocycles. The maximum atomic E-state index is 12.2. The van der Waals surface area contributed by atoms with E-state index in [1.807, 2.05) is 0 Å². The average molecular weight is 335 g/mol. The lowest BCUT2D eigenvalue weighted by molar-refractivity contribution is 0.0937. The molecule has 3 N–H and O–H groups in total. The van der Waals surface area contributed by atoms with E-state index in [9.17, 15) is 9.90 Å². The van der Waals surface area contributed by atoms with E-state index < -0.39 is 6.10 Å². The maximum absolute atomic E-state index is 12.2. The summed E-state index contributed by atoms with van der Waals surface area (Å²) < 4.78 is 0. The summed E-state index contributed by atoms with van der Waals surface area (Å²) in [6.07, 6.45) is 1.33. The largest absolute Gasteiger partial charge is 0.388 e. The lowest BCUT2D eigenvalue weighted by Crippen LogP contribution is -2.27. The number of amides is 1. The van der Waals surface area contributed by atoms with Gasteiger partial charge in [-0.1, -0.05) is 23.7 Å². The highest BCUT2D eigenvalue weighted by atomic mass is 35.5. The Morgan fingerprint density at radius 1 is 1.35 bits per heavy atom. The summed E-state index contributed by atoms with van der Waals surface area (Å²) in [5.41, 5.74) is 1.78. The summed E-state index contributed by atoms with van der Waals surface area (Å²) in [5.74, 6) is 0.103. The molecule has 1 amide bonds. The van der Waals surface area contributed by atoms with Gasteiger partial charge in [0, 0.05) is 24.8 Å². The van der Waals surface area contributed by atoms with Crippen LogP contribution in [-0.4, -0.2) is 34.6 Å². The number of hydrogen-bond acceptors (Lipinski definition) is 5. The van der Waals surface area contributed by atoms with E-state index in [-0.39, 0.29) is 5.91 Å². The molecule has 6 nitrogen and oxygen atoms in total. The average Bonchev–Trinajstić information content (AvgIpc) is 2.55. The molecule has 1 aromatic carbocycles. The maximum Gasteiger partial charge on any atom is 0.270 e. The van der Waals surface area contributed by atoms with Crippen molar-refractivity contribution in [2.75, 3.05) is 18.9 Å². The highest BCUT2D eigenvalue weighted by Crippen LogP contribution is 2.18. The highest BCUT2D eigenvalue weighted by Gasteiger charge is 2.13. The van der Waals surface area contributed by atoms with Gasteiger partial charge in [-0.15, -0.1) is 0 Å². The third-order valence-electron chi connectivity index (χ3n) is 3.37. The molecule has 2 rings (SSSR count). The van der Waals surface area contributed by atoms with Crippen LogP contribution in [0.15, 0.2) is 30.5 Å². The molecule has 0 radical (unpaired) electrons. The summed E-state index contributed by atoms with van der Waals surface area (Å²) in [6, 6.07) is 6.98. The summed E-state index contributed by atoms with van der Waals surface area (Å²) in [6.45, 7) is 2.11. The first kappa shape index (κ1) is 17.2. The number of rotatable bonds is 6. The number of hydrogen-bond donors (Lipinski definition) is 3. The van der Waals surface area contributed by atoms with Gasteiger partial charge < -0.3 is 15.7 Å². The topological polar surface area (TPSA) is 87.1 Å². The Labute approximate surface area is 139 Å². The molecular weight excluding hydrogens is 316 g/mol.